The molecule has 6 aliphatic carbocycles. The Morgan fingerprint density at radius 1 is 0.860 bits per heavy atom. The van der Waals surface area contributed by atoms with E-state index in [2.05, 4.69) is 64.4 Å². The second-order valence-corrected chi connectivity index (χ2v) is 24.0. The highest BCUT2D eigenvalue weighted by Gasteiger charge is 2.70. The Morgan fingerprint density at radius 3 is 2.19 bits per heavy atom. The van der Waals surface area contributed by atoms with Crippen LogP contribution in [0.25, 0.3) is 5.57 Å². The molecule has 1 heterocycles. The van der Waals surface area contributed by atoms with Crippen molar-refractivity contribution in [2.75, 3.05) is 24.6 Å². The van der Waals surface area contributed by atoms with Gasteiger partial charge in [-0.2, -0.15) is 0 Å². The number of rotatable bonds is 8. The van der Waals surface area contributed by atoms with Gasteiger partial charge in [0.2, 0.25) is 5.91 Å². The van der Waals surface area contributed by atoms with Crippen LogP contribution < -0.4 is 5.32 Å². The Morgan fingerprint density at radius 2 is 1.54 bits per heavy atom. The maximum absolute atomic E-state index is 15.0. The maximum Gasteiger partial charge on any atom is 0.335 e. The van der Waals surface area contributed by atoms with Crippen molar-refractivity contribution in [2.24, 2.45) is 57.2 Å². The molecule has 0 spiro atoms. The fourth-order valence-electron chi connectivity index (χ4n) is 15.8. The zero-order valence-corrected chi connectivity index (χ0v) is 36.8. The second-order valence-electron chi connectivity index (χ2n) is 21.7. The van der Waals surface area contributed by atoms with Gasteiger partial charge >= 0.3 is 5.97 Å². The number of benzene rings is 1. The molecule has 1 saturated heterocycles. The van der Waals surface area contributed by atoms with Gasteiger partial charge in [-0.3, -0.25) is 9.69 Å². The highest BCUT2D eigenvalue weighted by Crippen LogP contribution is 2.76. The number of amides is 1. The van der Waals surface area contributed by atoms with Crippen LogP contribution in [0, 0.1) is 57.2 Å². The van der Waals surface area contributed by atoms with Gasteiger partial charge in [-0.25, -0.2) is 13.2 Å². The average Bonchev–Trinajstić information content (AvgIpc) is 3.54. The molecule has 2 N–H and O–H groups in total. The third kappa shape index (κ3) is 6.72. The van der Waals surface area contributed by atoms with E-state index < -0.39 is 15.8 Å². The Hall–Kier alpha value is -2.45. The Labute approximate surface area is 344 Å². The molecule has 0 bridgehead atoms. The molecule has 7 nitrogen and oxygen atoms in total. The predicted molar refractivity (Wildman–Crippen MR) is 229 cm³/mol. The van der Waals surface area contributed by atoms with Crippen molar-refractivity contribution in [1.29, 1.82) is 0 Å². The number of carboxylic acids is 1. The van der Waals surface area contributed by atoms with Gasteiger partial charge in [-0.15, -0.1) is 0 Å². The van der Waals surface area contributed by atoms with Crippen LogP contribution >= 0.6 is 0 Å². The normalized spacial score (nSPS) is 40.7. The van der Waals surface area contributed by atoms with Crippen molar-refractivity contribution in [2.45, 2.75) is 149 Å². The maximum atomic E-state index is 15.0. The van der Waals surface area contributed by atoms with E-state index in [9.17, 15) is 23.1 Å². The lowest BCUT2D eigenvalue weighted by molar-refractivity contribution is -0.219. The van der Waals surface area contributed by atoms with Crippen molar-refractivity contribution < 1.29 is 23.1 Å². The fourth-order valence-corrected chi connectivity index (χ4v) is 17.0. The van der Waals surface area contributed by atoms with E-state index in [0.29, 0.717) is 54.2 Å². The number of carbonyl (C=O) groups excluding carboxylic acids is 1. The highest BCUT2D eigenvalue weighted by molar-refractivity contribution is 7.91. The minimum absolute atomic E-state index is 0.0357. The molecule has 1 amide bonds. The number of hydrogen-bond acceptors (Lipinski definition) is 5. The van der Waals surface area contributed by atoms with E-state index in [0.717, 1.165) is 44.1 Å². The number of aromatic carboxylic acids is 1. The number of allylic oxidation sites excluding steroid dienone is 3. The van der Waals surface area contributed by atoms with Crippen LogP contribution in [0.1, 0.15) is 154 Å². The summed E-state index contributed by atoms with van der Waals surface area (Å²) in [6.45, 7) is 20.6. The Bertz CT molecular complexity index is 1880. The summed E-state index contributed by atoms with van der Waals surface area (Å²) in [5.74, 6) is 2.50. The first-order chi connectivity index (χ1) is 26.9. The molecule has 8 heteroatoms. The van der Waals surface area contributed by atoms with Crippen molar-refractivity contribution in [3.63, 3.8) is 0 Å². The molecule has 57 heavy (non-hydrogen) atoms. The van der Waals surface area contributed by atoms with E-state index in [4.69, 9.17) is 0 Å². The molecule has 1 aromatic rings. The molecule has 314 valence electrons. The van der Waals surface area contributed by atoms with Crippen molar-refractivity contribution in [3.8, 4) is 0 Å². The smallest absolute Gasteiger partial charge is 0.335 e. The lowest BCUT2D eigenvalue weighted by Gasteiger charge is -2.72. The summed E-state index contributed by atoms with van der Waals surface area (Å²) in [4.78, 5) is 28.8. The number of fused-ring (bicyclic) bond motifs is 7. The van der Waals surface area contributed by atoms with Crippen molar-refractivity contribution in [1.82, 2.24) is 10.2 Å². The first-order valence-corrected chi connectivity index (χ1v) is 24.6. The number of nitrogens with zero attached hydrogens (tertiary/aromatic N) is 1. The van der Waals surface area contributed by atoms with Gasteiger partial charge in [0.25, 0.3) is 0 Å². The molecular formula is C49H72N2O5S. The van der Waals surface area contributed by atoms with Gasteiger partial charge in [0.05, 0.1) is 23.1 Å². The summed E-state index contributed by atoms with van der Waals surface area (Å²) in [6.07, 6.45) is 19.5. The second kappa shape index (κ2) is 14.6. The first-order valence-electron chi connectivity index (χ1n) is 22.8. The molecule has 10 atom stereocenters. The molecule has 1 aromatic carbocycles. The van der Waals surface area contributed by atoms with Crippen molar-refractivity contribution >= 4 is 27.3 Å². The van der Waals surface area contributed by atoms with Crippen LogP contribution in [0.3, 0.4) is 0 Å². The average molecular weight is 801 g/mol. The van der Waals surface area contributed by atoms with E-state index in [1.54, 1.807) is 12.1 Å². The molecule has 10 unspecified atom stereocenters. The van der Waals surface area contributed by atoms with Crippen LogP contribution in [-0.2, 0) is 14.6 Å². The third-order valence-electron chi connectivity index (χ3n) is 18.9. The molecule has 8 rings (SSSR count). The van der Waals surface area contributed by atoms with Crippen LogP contribution in [0.15, 0.2) is 42.5 Å². The quantitative estimate of drug-likeness (QED) is 0.254. The number of sulfone groups is 1. The van der Waals surface area contributed by atoms with Gasteiger partial charge in [-0.1, -0.05) is 97.1 Å². The lowest BCUT2D eigenvalue weighted by Crippen LogP contribution is -2.69. The number of hydrogen-bond donors (Lipinski definition) is 2. The van der Waals surface area contributed by atoms with Crippen LogP contribution in [-0.4, -0.2) is 66.5 Å². The van der Waals surface area contributed by atoms with Crippen LogP contribution in [0.4, 0.5) is 0 Å². The number of nitrogens with one attached hydrogen (secondary N) is 1. The lowest BCUT2D eigenvalue weighted by atomic mass is 9.33. The van der Waals surface area contributed by atoms with Crippen LogP contribution in [0.5, 0.6) is 0 Å². The molecule has 7 aliphatic rings. The molecular weight excluding hydrogens is 729 g/mol. The Balaban J connectivity index is 1.08. The minimum Gasteiger partial charge on any atom is -0.478 e. The topological polar surface area (TPSA) is 104 Å². The summed E-state index contributed by atoms with van der Waals surface area (Å²) < 4.78 is 25.0. The minimum atomic E-state index is -3.05. The Kier molecular flexibility index (Phi) is 10.6. The highest BCUT2D eigenvalue weighted by atomic mass is 32.2. The first kappa shape index (κ1) is 41.3. The molecule has 0 aromatic heterocycles. The summed E-state index contributed by atoms with van der Waals surface area (Å²) >= 11 is 0. The summed E-state index contributed by atoms with van der Waals surface area (Å²) in [7, 11) is -3.05. The summed E-state index contributed by atoms with van der Waals surface area (Å²) in [6, 6.07) is 7.28. The molecule has 5 saturated carbocycles. The molecule has 1 aliphatic heterocycles. The van der Waals surface area contributed by atoms with Crippen molar-refractivity contribution in [3.05, 3.63) is 53.6 Å². The standard InChI is InChI=1S/C49H72N2O5S/c1-32(2)36-19-24-49(50-43(52)39(31-33-11-9-8-10-12-33)51-27-29-57(55,56)30-28-51)26-25-47(6)38(42(36)49)17-18-41-46(5)22-20-37(34-13-15-35(16-14-34)44(53)54)45(3,4)40(46)21-23-48(41,47)7/h13-16,20,33,36,38-42H,1,8-12,17-19,21-31H2,2-7H3,(H,50,52)(H,53,54). The van der Waals surface area contributed by atoms with E-state index in [-0.39, 0.29) is 50.7 Å². The predicted octanol–water partition coefficient (Wildman–Crippen LogP) is 9.97. The third-order valence-corrected chi connectivity index (χ3v) is 20.5. The fraction of sp³-hybridized carbons (Fsp3) is 0.755. The van der Waals surface area contributed by atoms with Gasteiger partial charge in [0, 0.05) is 18.6 Å². The van der Waals surface area contributed by atoms with Gasteiger partial charge in [0.1, 0.15) is 0 Å². The van der Waals surface area contributed by atoms with Gasteiger partial charge in [0.15, 0.2) is 9.84 Å². The van der Waals surface area contributed by atoms with E-state index in [1.807, 2.05) is 12.1 Å². The zero-order valence-electron chi connectivity index (χ0n) is 36.0. The largest absolute Gasteiger partial charge is 0.478 e. The monoisotopic (exact) mass is 801 g/mol. The van der Waals surface area contributed by atoms with Gasteiger partial charge < -0.3 is 10.4 Å². The molecule has 0 radical (unpaired) electrons. The summed E-state index contributed by atoms with van der Waals surface area (Å²) in [5.41, 5.74) is 4.32. The van der Waals surface area contributed by atoms with Gasteiger partial charge in [-0.05, 0) is 152 Å². The SMILES string of the molecule is C=C(C)C1CCC2(NC(=O)C(CC3CCCCC3)N3CCS(=O)(=O)CC3)CCC3(C)C(CCC4C5(C)CC=C(c6ccc(C(=O)O)cc6)C(C)(C)C5CCC43C)C12. The number of carbonyl (C=O) groups is 2. The van der Waals surface area contributed by atoms with E-state index >= 15 is 0 Å². The number of carboxylic acid groups (broad SMARTS) is 1. The molecule has 6 fully saturated rings. The summed E-state index contributed by atoms with van der Waals surface area (Å²) in [5, 5.41) is 13.4. The van der Waals surface area contributed by atoms with E-state index in [1.165, 1.54) is 68.9 Å². The zero-order chi connectivity index (χ0) is 40.8. The van der Waals surface area contributed by atoms with Crippen LogP contribution in [0.2, 0.25) is 0 Å².